The summed E-state index contributed by atoms with van der Waals surface area (Å²) in [4.78, 5) is 9.00. The predicted octanol–water partition coefficient (Wildman–Crippen LogP) is 2.64. The molecule has 23 heavy (non-hydrogen) atoms. The van der Waals surface area contributed by atoms with Crippen molar-refractivity contribution in [2.75, 3.05) is 13.7 Å². The van der Waals surface area contributed by atoms with Gasteiger partial charge >= 0.3 is 131 Å². The summed E-state index contributed by atoms with van der Waals surface area (Å²) in [5.74, 6) is -2.05. The first-order valence-electron chi connectivity index (χ1n) is 8.26. The van der Waals surface area contributed by atoms with Gasteiger partial charge in [-0.15, -0.1) is 0 Å². The molecule has 4 heterocycles. The molecule has 0 aliphatic carbocycles. The quantitative estimate of drug-likeness (QED) is 0.570. The molecule has 0 saturated carbocycles. The molecule has 4 fully saturated rings. The molecule has 4 aliphatic rings. The van der Waals surface area contributed by atoms with Crippen molar-refractivity contribution in [1.82, 2.24) is 0 Å². The van der Waals surface area contributed by atoms with Crippen LogP contribution >= 0.6 is 0 Å². The van der Waals surface area contributed by atoms with Crippen LogP contribution in [0.5, 0.6) is 0 Å². The third kappa shape index (κ3) is 3.22. The first kappa shape index (κ1) is 19.6. The molecule has 3 atom stereocenters. The molecule has 0 unspecified atom stereocenters. The van der Waals surface area contributed by atoms with E-state index in [1.54, 1.807) is 7.11 Å². The molecule has 4 rings (SSSR count). The number of hydrogen-bond acceptors (Lipinski definition) is 5. The maximum absolute atomic E-state index is 9.00. The number of carboxylic acids is 1. The number of hydrogen-bond donors (Lipinski definition) is 1. The molecule has 1 spiro atoms. The monoisotopic (exact) mass is 517 g/mol. The molecule has 1 N–H and O–H groups in total. The minimum absolute atomic E-state index is 0.236. The molecular weight excluding hydrogens is 489 g/mol. The Morgan fingerprint density at radius 2 is 1.87 bits per heavy atom. The summed E-state index contributed by atoms with van der Waals surface area (Å²) >= 11 is 0.659. The fraction of sp³-hybridized carbons (Fsp3) is 0.938. The molecule has 4 saturated heterocycles. The van der Waals surface area contributed by atoms with Crippen LogP contribution in [-0.2, 0) is 49.9 Å². The fourth-order valence-electron chi connectivity index (χ4n) is 4.05. The van der Waals surface area contributed by atoms with Crippen molar-refractivity contribution < 1.29 is 55.0 Å². The summed E-state index contributed by atoms with van der Waals surface area (Å²) in [6, 6.07) is 0. The summed E-state index contributed by atoms with van der Waals surface area (Å²) in [6.07, 6.45) is 5.10. The Morgan fingerprint density at radius 1 is 1.22 bits per heavy atom. The summed E-state index contributed by atoms with van der Waals surface area (Å²) in [5.41, 5.74) is -0.647. The number of methoxy groups -OCH3 is 1. The van der Waals surface area contributed by atoms with Gasteiger partial charge in [0.15, 0.2) is 0 Å². The van der Waals surface area contributed by atoms with Gasteiger partial charge in [0.1, 0.15) is 0 Å². The number of carboxylic acid groups (broad SMARTS) is 1. The van der Waals surface area contributed by atoms with Crippen LogP contribution in [0.15, 0.2) is 0 Å². The Hall–Kier alpha value is 0.245. The molecule has 0 aromatic carbocycles. The van der Waals surface area contributed by atoms with Gasteiger partial charge in [-0.05, 0) is 0 Å². The van der Waals surface area contributed by atoms with Crippen LogP contribution in [0.4, 0.5) is 0 Å². The van der Waals surface area contributed by atoms with Gasteiger partial charge in [-0.25, -0.2) is 0 Å². The predicted molar refractivity (Wildman–Crippen MR) is 78.6 cm³/mol. The molecule has 0 aromatic rings. The van der Waals surface area contributed by atoms with E-state index in [1.807, 2.05) is 0 Å². The number of ether oxygens (including phenoxy) is 4. The van der Waals surface area contributed by atoms with Crippen molar-refractivity contribution in [3.8, 4) is 0 Å². The van der Waals surface area contributed by atoms with E-state index in [1.165, 1.54) is 0 Å². The van der Waals surface area contributed by atoms with E-state index in [9.17, 15) is 0 Å². The topological polar surface area (TPSA) is 74.2 Å². The second-order valence-corrected chi connectivity index (χ2v) is 8.94. The summed E-state index contributed by atoms with van der Waals surface area (Å²) in [6.45, 7) is 6.03. The molecule has 0 radical (unpaired) electrons. The Balaban J connectivity index is 0.000000433. The SMILES string of the molecule is CC(=O)O.CO[C@]12CC[C@]([CH2][Hg])(OC1(C)C)[C@]1(CCCCO1)O2. The molecule has 7 heteroatoms. The molecule has 4 aliphatic heterocycles. The minimum atomic E-state index is -0.833. The van der Waals surface area contributed by atoms with E-state index in [4.69, 9.17) is 28.8 Å². The fourth-order valence-corrected chi connectivity index (χ4v) is 6.90. The molecular formula is C16H27HgO6. The molecule has 0 amide bonds. The van der Waals surface area contributed by atoms with Crippen LogP contribution < -0.4 is 0 Å². The van der Waals surface area contributed by atoms with Crippen LogP contribution in [-0.4, -0.2) is 47.6 Å². The van der Waals surface area contributed by atoms with Crippen LogP contribution in [0, 0.1) is 0 Å². The van der Waals surface area contributed by atoms with E-state index < -0.39 is 23.1 Å². The third-order valence-electron chi connectivity index (χ3n) is 5.22. The van der Waals surface area contributed by atoms with Crippen molar-refractivity contribution in [1.29, 1.82) is 0 Å². The number of carbonyl (C=O) groups is 1. The number of aliphatic carboxylic acids is 1. The summed E-state index contributed by atoms with van der Waals surface area (Å²) < 4.78 is 26.1. The second kappa shape index (κ2) is 6.86. The zero-order valence-corrected chi connectivity index (χ0v) is 20.1. The van der Waals surface area contributed by atoms with Crippen molar-refractivity contribution in [3.05, 3.63) is 0 Å². The average molecular weight is 516 g/mol. The first-order chi connectivity index (χ1) is 10.7. The van der Waals surface area contributed by atoms with E-state index >= 15 is 0 Å². The standard InChI is InChI=1S/C14H23O4.C2H4O2.Hg/c1-11(2)13(15-4)9-8-12(3,17-11)14(18-13)7-5-6-10-16-14;1-2(3)4;/h3,5-10H2,1-2,4H3;1H3,(H,3,4);/t12-,13-,14-;;/m0../s1. The summed E-state index contributed by atoms with van der Waals surface area (Å²) in [5, 5.41) is 7.42. The second-order valence-electron chi connectivity index (χ2n) is 6.99. The number of fused-ring (bicyclic) bond motifs is 2. The van der Waals surface area contributed by atoms with Gasteiger partial charge in [0.2, 0.25) is 0 Å². The van der Waals surface area contributed by atoms with Crippen LogP contribution in [0.2, 0.25) is 3.93 Å². The molecule has 129 valence electrons. The molecule has 0 aromatic heterocycles. The average Bonchev–Trinajstić information content (AvgIpc) is 2.49. The van der Waals surface area contributed by atoms with Gasteiger partial charge in [-0.1, -0.05) is 0 Å². The van der Waals surface area contributed by atoms with E-state index in [0.29, 0.717) is 26.1 Å². The molecule has 6 nitrogen and oxygen atoms in total. The van der Waals surface area contributed by atoms with Crippen molar-refractivity contribution in [2.24, 2.45) is 0 Å². The Labute approximate surface area is 154 Å². The molecule has 2 bridgehead atoms. The normalized spacial score (nSPS) is 41.3. The van der Waals surface area contributed by atoms with Crippen LogP contribution in [0.1, 0.15) is 52.9 Å². The van der Waals surface area contributed by atoms with Crippen LogP contribution in [0.3, 0.4) is 0 Å². The zero-order chi connectivity index (χ0) is 17.4. The first-order valence-corrected chi connectivity index (χ1v) is 12.2. The Bertz CT molecular complexity index is 444. The van der Waals surface area contributed by atoms with Gasteiger partial charge in [0, 0.05) is 6.92 Å². The van der Waals surface area contributed by atoms with Gasteiger partial charge in [0.05, 0.1) is 0 Å². The van der Waals surface area contributed by atoms with Crippen LogP contribution in [0.25, 0.3) is 0 Å². The zero-order valence-electron chi connectivity index (χ0n) is 14.6. The van der Waals surface area contributed by atoms with Crippen molar-refractivity contribution in [2.45, 2.75) is 79.6 Å². The Kier molecular flexibility index (Phi) is 5.84. The van der Waals surface area contributed by atoms with Gasteiger partial charge in [-0.3, -0.25) is 4.79 Å². The van der Waals surface area contributed by atoms with Gasteiger partial charge in [0.25, 0.3) is 5.97 Å². The maximum atomic E-state index is 9.00. The summed E-state index contributed by atoms with van der Waals surface area (Å²) in [7, 11) is 1.73. The van der Waals surface area contributed by atoms with E-state index in [2.05, 4.69) is 13.8 Å². The van der Waals surface area contributed by atoms with Crippen molar-refractivity contribution in [3.63, 3.8) is 0 Å². The van der Waals surface area contributed by atoms with Gasteiger partial charge < -0.3 is 5.11 Å². The third-order valence-corrected chi connectivity index (χ3v) is 8.36. The van der Waals surface area contributed by atoms with Gasteiger partial charge in [-0.2, -0.15) is 0 Å². The number of rotatable bonds is 2. The van der Waals surface area contributed by atoms with Crippen molar-refractivity contribution >= 4 is 5.97 Å². The van der Waals surface area contributed by atoms with E-state index in [0.717, 1.165) is 49.6 Å². The van der Waals surface area contributed by atoms with E-state index in [-0.39, 0.29) is 5.60 Å². The Morgan fingerprint density at radius 3 is 2.30 bits per heavy atom.